The first-order valence-corrected chi connectivity index (χ1v) is 10.8. The van der Waals surface area contributed by atoms with Gasteiger partial charge in [-0.15, -0.1) is 0 Å². The number of aliphatic carboxylic acids is 1. The molecule has 0 radical (unpaired) electrons. The van der Waals surface area contributed by atoms with Gasteiger partial charge in [0.2, 0.25) is 0 Å². The number of thioether (sulfide) groups is 1. The first kappa shape index (κ1) is 22.0. The van der Waals surface area contributed by atoms with Crippen molar-refractivity contribution in [2.24, 2.45) is 0 Å². The average molecular weight is 493 g/mol. The van der Waals surface area contributed by atoms with Gasteiger partial charge >= 0.3 is 5.97 Å². The number of carboxylic acid groups (broad SMARTS) is 1. The summed E-state index contributed by atoms with van der Waals surface area (Å²) in [5.41, 5.74) is 2.60. The predicted octanol–water partition coefficient (Wildman–Crippen LogP) is 4.08. The van der Waals surface area contributed by atoms with Crippen LogP contribution in [0.4, 0.5) is 5.69 Å². The molecule has 30 heavy (non-hydrogen) atoms. The smallest absolute Gasteiger partial charge is 0.341 e. The molecule has 0 bridgehead atoms. The molecule has 0 aliphatic carbocycles. The molecule has 0 aromatic heterocycles. The molecule has 1 atom stereocenters. The quantitative estimate of drug-likeness (QED) is 0.477. The van der Waals surface area contributed by atoms with Crippen molar-refractivity contribution in [1.29, 1.82) is 0 Å². The fourth-order valence-corrected chi connectivity index (χ4v) is 4.18. The Bertz CT molecular complexity index is 978. The number of anilines is 1. The zero-order valence-electron chi connectivity index (χ0n) is 16.4. The highest BCUT2D eigenvalue weighted by Crippen LogP contribution is 2.37. The molecule has 1 aliphatic heterocycles. The van der Waals surface area contributed by atoms with Gasteiger partial charge in [0.05, 0.1) is 12.0 Å². The molecule has 158 valence electrons. The second kappa shape index (κ2) is 9.90. The van der Waals surface area contributed by atoms with Crippen LogP contribution >= 0.6 is 27.7 Å². The molecule has 0 saturated carbocycles. The molecule has 1 heterocycles. The largest absolute Gasteiger partial charge is 0.493 e. The van der Waals surface area contributed by atoms with E-state index in [2.05, 4.69) is 45.6 Å². The van der Waals surface area contributed by atoms with Crippen molar-refractivity contribution >= 4 is 51.3 Å². The Morgan fingerprint density at radius 1 is 1.30 bits per heavy atom. The van der Waals surface area contributed by atoms with E-state index in [-0.39, 0.29) is 11.4 Å². The average Bonchev–Trinajstić information content (AvgIpc) is 3.07. The number of hydrogen-bond donors (Lipinski definition) is 3. The summed E-state index contributed by atoms with van der Waals surface area (Å²) in [7, 11) is 1.47. The summed E-state index contributed by atoms with van der Waals surface area (Å²) < 4.78 is 11.2. The lowest BCUT2D eigenvalue weighted by Gasteiger charge is -2.13. The Hall–Kier alpha value is -2.65. The Balaban J connectivity index is 1.75. The number of benzene rings is 2. The van der Waals surface area contributed by atoms with Crippen molar-refractivity contribution in [3.05, 3.63) is 56.9 Å². The fraction of sp³-hybridized carbons (Fsp3) is 0.238. The van der Waals surface area contributed by atoms with E-state index in [9.17, 15) is 9.59 Å². The summed E-state index contributed by atoms with van der Waals surface area (Å²) >= 11 is 4.82. The van der Waals surface area contributed by atoms with Crippen LogP contribution in [0.25, 0.3) is 6.08 Å². The number of aryl methyl sites for hydroxylation is 1. The second-order valence-electron chi connectivity index (χ2n) is 6.38. The molecule has 7 nitrogen and oxygen atoms in total. The molecule has 1 saturated heterocycles. The third-order valence-electron chi connectivity index (χ3n) is 4.31. The van der Waals surface area contributed by atoms with Gasteiger partial charge in [0, 0.05) is 10.2 Å². The van der Waals surface area contributed by atoms with Gasteiger partial charge in [0.25, 0.3) is 5.91 Å². The van der Waals surface area contributed by atoms with Crippen molar-refractivity contribution in [2.45, 2.75) is 18.8 Å². The third kappa shape index (κ3) is 5.48. The first-order chi connectivity index (χ1) is 14.4. The van der Waals surface area contributed by atoms with E-state index in [1.54, 1.807) is 18.2 Å². The van der Waals surface area contributed by atoms with Crippen LogP contribution in [0.2, 0.25) is 0 Å². The Morgan fingerprint density at radius 2 is 2.03 bits per heavy atom. The second-order valence-corrected chi connectivity index (χ2v) is 8.38. The van der Waals surface area contributed by atoms with Crippen LogP contribution in [0, 0.1) is 0 Å². The summed E-state index contributed by atoms with van der Waals surface area (Å²) in [5.74, 6) is -0.589. The molecule has 2 aromatic rings. The molecular weight excluding hydrogens is 472 g/mol. The SMILES string of the molecule is CCc1ccc(NC2NC(=O)/C(=C/c3cc(OC)c(OCC(=O)O)cc3Br)S2)cc1. The number of carbonyl (C=O) groups is 2. The van der Waals surface area contributed by atoms with Gasteiger partial charge in [-0.25, -0.2) is 4.79 Å². The molecule has 3 rings (SSSR count). The van der Waals surface area contributed by atoms with Crippen LogP contribution in [0.5, 0.6) is 11.5 Å². The maximum absolute atomic E-state index is 12.4. The van der Waals surface area contributed by atoms with Crippen LogP contribution < -0.4 is 20.1 Å². The number of carboxylic acids is 1. The Morgan fingerprint density at radius 3 is 2.67 bits per heavy atom. The molecule has 0 spiro atoms. The molecule has 9 heteroatoms. The molecule has 1 amide bonds. The number of amides is 1. The maximum atomic E-state index is 12.4. The summed E-state index contributed by atoms with van der Waals surface area (Å²) in [6.07, 6.45) is 2.72. The van der Waals surface area contributed by atoms with Gasteiger partial charge in [0.15, 0.2) is 23.6 Å². The van der Waals surface area contributed by atoms with Crippen molar-refractivity contribution in [3.63, 3.8) is 0 Å². The highest BCUT2D eigenvalue weighted by Gasteiger charge is 2.27. The van der Waals surface area contributed by atoms with Gasteiger partial charge in [-0.1, -0.05) is 46.7 Å². The summed E-state index contributed by atoms with van der Waals surface area (Å²) in [6, 6.07) is 11.4. The van der Waals surface area contributed by atoms with E-state index in [1.807, 2.05) is 12.1 Å². The van der Waals surface area contributed by atoms with Crippen LogP contribution in [-0.4, -0.2) is 36.2 Å². The number of rotatable bonds is 8. The van der Waals surface area contributed by atoms with Crippen LogP contribution in [0.1, 0.15) is 18.1 Å². The minimum atomic E-state index is -1.08. The van der Waals surface area contributed by atoms with E-state index < -0.39 is 12.6 Å². The van der Waals surface area contributed by atoms with Crippen molar-refractivity contribution < 1.29 is 24.2 Å². The lowest BCUT2D eigenvalue weighted by atomic mass is 10.1. The third-order valence-corrected chi connectivity index (χ3v) is 6.03. The minimum absolute atomic E-state index is 0.181. The number of methoxy groups -OCH3 is 1. The van der Waals surface area contributed by atoms with E-state index in [1.165, 1.54) is 24.4 Å². The van der Waals surface area contributed by atoms with E-state index >= 15 is 0 Å². The van der Waals surface area contributed by atoms with Gasteiger partial charge < -0.3 is 25.2 Å². The molecule has 1 unspecified atom stereocenters. The monoisotopic (exact) mass is 492 g/mol. The number of ether oxygens (including phenoxy) is 2. The van der Waals surface area contributed by atoms with Crippen molar-refractivity contribution in [1.82, 2.24) is 5.32 Å². The summed E-state index contributed by atoms with van der Waals surface area (Å²) in [6.45, 7) is 1.62. The number of carbonyl (C=O) groups excluding carboxylic acids is 1. The predicted molar refractivity (Wildman–Crippen MR) is 121 cm³/mol. The normalized spacial score (nSPS) is 17.0. The molecular formula is C21H21BrN2O5S. The molecule has 1 fully saturated rings. The first-order valence-electron chi connectivity index (χ1n) is 9.16. The molecule has 2 aromatic carbocycles. The Kier molecular flexibility index (Phi) is 7.28. The van der Waals surface area contributed by atoms with Gasteiger partial charge in [0.1, 0.15) is 0 Å². The topological polar surface area (TPSA) is 96.9 Å². The summed E-state index contributed by atoms with van der Waals surface area (Å²) in [4.78, 5) is 23.7. The number of halogens is 1. The van der Waals surface area contributed by atoms with E-state index in [0.29, 0.717) is 26.4 Å². The van der Waals surface area contributed by atoms with Crippen molar-refractivity contribution in [2.75, 3.05) is 19.0 Å². The van der Waals surface area contributed by atoms with Gasteiger partial charge in [-0.05, 0) is 47.9 Å². The highest BCUT2D eigenvalue weighted by molar-refractivity contribution is 9.10. The molecule has 3 N–H and O–H groups in total. The zero-order chi connectivity index (χ0) is 21.7. The van der Waals surface area contributed by atoms with E-state index in [0.717, 1.165) is 12.1 Å². The number of hydrogen-bond acceptors (Lipinski definition) is 6. The number of nitrogens with one attached hydrogen (secondary N) is 2. The van der Waals surface area contributed by atoms with Crippen molar-refractivity contribution in [3.8, 4) is 11.5 Å². The van der Waals surface area contributed by atoms with Crippen LogP contribution in [0.15, 0.2) is 45.8 Å². The van der Waals surface area contributed by atoms with Crippen LogP contribution in [-0.2, 0) is 16.0 Å². The molecule has 1 aliphatic rings. The van der Waals surface area contributed by atoms with E-state index in [4.69, 9.17) is 14.6 Å². The zero-order valence-corrected chi connectivity index (χ0v) is 18.8. The van der Waals surface area contributed by atoms with Gasteiger partial charge in [-0.2, -0.15) is 0 Å². The summed E-state index contributed by atoms with van der Waals surface area (Å²) in [5, 5.41) is 15.0. The van der Waals surface area contributed by atoms with Gasteiger partial charge in [-0.3, -0.25) is 4.79 Å². The lowest BCUT2D eigenvalue weighted by molar-refractivity contribution is -0.139. The maximum Gasteiger partial charge on any atom is 0.341 e. The minimum Gasteiger partial charge on any atom is -0.493 e. The lowest BCUT2D eigenvalue weighted by Crippen LogP contribution is -2.30. The fourth-order valence-electron chi connectivity index (χ4n) is 2.77. The Labute approximate surface area is 187 Å². The standard InChI is InChI=1S/C21H21BrN2O5S/c1-3-12-4-6-14(7-5-12)23-21-24-20(27)18(30-21)9-13-8-16(28-2)17(10-15(13)22)29-11-19(25)26/h4-10,21,23H,3,11H2,1-2H3,(H,24,27)(H,25,26)/b18-9-. The van der Waals surface area contributed by atoms with Crippen LogP contribution in [0.3, 0.4) is 0 Å². The highest BCUT2D eigenvalue weighted by atomic mass is 79.9.